The summed E-state index contributed by atoms with van der Waals surface area (Å²) in [7, 11) is 0. The Bertz CT molecular complexity index is 515. The van der Waals surface area contributed by atoms with Crippen LogP contribution in [-0.2, 0) is 4.79 Å². The molecule has 0 saturated heterocycles. The van der Waals surface area contributed by atoms with Crippen molar-refractivity contribution in [2.45, 2.75) is 6.92 Å². The van der Waals surface area contributed by atoms with Crippen molar-refractivity contribution in [1.29, 1.82) is 0 Å². The van der Waals surface area contributed by atoms with Crippen LogP contribution in [0.15, 0.2) is 30.3 Å². The Morgan fingerprint density at radius 2 is 2.12 bits per heavy atom. The van der Waals surface area contributed by atoms with E-state index in [2.05, 4.69) is 25.9 Å². The van der Waals surface area contributed by atoms with Crippen molar-refractivity contribution in [1.82, 2.24) is 20.6 Å². The Labute approximate surface area is 97.7 Å². The van der Waals surface area contributed by atoms with Gasteiger partial charge in [-0.1, -0.05) is 34.9 Å². The third-order valence-electron chi connectivity index (χ3n) is 2.08. The van der Waals surface area contributed by atoms with Crippen molar-refractivity contribution in [3.05, 3.63) is 41.5 Å². The number of hydrogen-bond acceptors (Lipinski definition) is 4. The van der Waals surface area contributed by atoms with E-state index in [1.54, 1.807) is 6.08 Å². The molecule has 0 spiro atoms. The van der Waals surface area contributed by atoms with Crippen molar-refractivity contribution < 1.29 is 4.79 Å². The molecule has 2 aromatic rings. The molecule has 1 aromatic heterocycles. The number of aromatic amines is 1. The Morgan fingerprint density at radius 1 is 1.35 bits per heavy atom. The number of carbonyl (C=O) groups is 1. The summed E-state index contributed by atoms with van der Waals surface area (Å²) in [5.74, 6) is -0.143. The van der Waals surface area contributed by atoms with Crippen molar-refractivity contribution >= 4 is 17.9 Å². The lowest BCUT2D eigenvalue weighted by Gasteiger charge is -1.95. The minimum Gasteiger partial charge on any atom is -0.288 e. The van der Waals surface area contributed by atoms with E-state index in [1.165, 1.54) is 11.6 Å². The number of aryl methyl sites for hydroxylation is 1. The van der Waals surface area contributed by atoms with Crippen molar-refractivity contribution in [2.24, 2.45) is 0 Å². The number of benzene rings is 1. The van der Waals surface area contributed by atoms with Crippen LogP contribution in [0, 0.1) is 6.92 Å². The number of rotatable bonds is 3. The summed E-state index contributed by atoms with van der Waals surface area (Å²) in [6.45, 7) is 2.01. The molecule has 1 aromatic carbocycles. The predicted octanol–water partition coefficient (Wildman–Crippen LogP) is 1.16. The fourth-order valence-electron chi connectivity index (χ4n) is 1.22. The number of carbonyl (C=O) groups excluding carboxylic acids is 1. The minimum absolute atomic E-state index is 0.156. The molecule has 17 heavy (non-hydrogen) atoms. The van der Waals surface area contributed by atoms with E-state index in [9.17, 15) is 4.79 Å². The topological polar surface area (TPSA) is 83.6 Å². The smallest absolute Gasteiger partial charge is 0.270 e. The van der Waals surface area contributed by atoms with Crippen LogP contribution in [-0.4, -0.2) is 26.5 Å². The first-order chi connectivity index (χ1) is 8.24. The molecule has 0 aliphatic rings. The highest BCUT2D eigenvalue weighted by Gasteiger charge is 2.00. The van der Waals surface area contributed by atoms with Gasteiger partial charge in [-0.25, -0.2) is 0 Å². The zero-order valence-corrected chi connectivity index (χ0v) is 9.21. The molecule has 86 valence electrons. The third-order valence-corrected chi connectivity index (χ3v) is 2.08. The lowest BCUT2D eigenvalue weighted by atomic mass is 10.1. The van der Waals surface area contributed by atoms with Crippen LogP contribution in [0.4, 0.5) is 5.95 Å². The van der Waals surface area contributed by atoms with Crippen LogP contribution in [0.25, 0.3) is 6.08 Å². The molecule has 2 N–H and O–H groups in total. The van der Waals surface area contributed by atoms with Gasteiger partial charge in [-0.3, -0.25) is 10.1 Å². The van der Waals surface area contributed by atoms with Crippen molar-refractivity contribution in [3.63, 3.8) is 0 Å². The van der Waals surface area contributed by atoms with Gasteiger partial charge in [-0.05, 0) is 23.8 Å². The molecule has 0 aliphatic carbocycles. The molecule has 0 bridgehead atoms. The second-order valence-electron chi connectivity index (χ2n) is 3.47. The normalized spacial score (nSPS) is 10.6. The molecule has 6 nitrogen and oxygen atoms in total. The van der Waals surface area contributed by atoms with E-state index in [1.807, 2.05) is 31.2 Å². The Kier molecular flexibility index (Phi) is 3.25. The van der Waals surface area contributed by atoms with E-state index >= 15 is 0 Å². The SMILES string of the molecule is Cc1ccc(C=CC(=O)Nc2nn[nH]n2)cc1. The van der Waals surface area contributed by atoms with Crippen LogP contribution in [0.2, 0.25) is 0 Å². The molecule has 0 unspecified atom stereocenters. The van der Waals surface area contributed by atoms with Gasteiger partial charge >= 0.3 is 0 Å². The van der Waals surface area contributed by atoms with Crippen LogP contribution in [0.3, 0.4) is 0 Å². The van der Waals surface area contributed by atoms with Gasteiger partial charge in [-0.2, -0.15) is 5.21 Å². The highest BCUT2D eigenvalue weighted by molar-refractivity contribution is 6.00. The molecular weight excluding hydrogens is 218 g/mol. The molecule has 0 saturated carbocycles. The van der Waals surface area contributed by atoms with Gasteiger partial charge in [0.25, 0.3) is 11.9 Å². The molecule has 0 aliphatic heterocycles. The van der Waals surface area contributed by atoms with Gasteiger partial charge in [0.2, 0.25) is 0 Å². The summed E-state index contributed by atoms with van der Waals surface area (Å²) in [6.07, 6.45) is 3.13. The summed E-state index contributed by atoms with van der Waals surface area (Å²) in [4.78, 5) is 11.4. The van der Waals surface area contributed by atoms with Gasteiger partial charge in [0.1, 0.15) is 0 Å². The Hall–Kier alpha value is -2.50. The number of hydrogen-bond donors (Lipinski definition) is 2. The first kappa shape index (κ1) is 11.0. The lowest BCUT2D eigenvalue weighted by Crippen LogP contribution is -2.09. The van der Waals surface area contributed by atoms with Crippen LogP contribution in [0.1, 0.15) is 11.1 Å². The predicted molar refractivity (Wildman–Crippen MR) is 63.0 cm³/mol. The van der Waals surface area contributed by atoms with Crippen LogP contribution < -0.4 is 5.32 Å². The van der Waals surface area contributed by atoms with Crippen LogP contribution in [0.5, 0.6) is 0 Å². The second kappa shape index (κ2) is 5.02. The van der Waals surface area contributed by atoms with Gasteiger partial charge in [0.15, 0.2) is 0 Å². The molecule has 1 heterocycles. The van der Waals surface area contributed by atoms with E-state index in [4.69, 9.17) is 0 Å². The molecule has 6 heteroatoms. The van der Waals surface area contributed by atoms with Gasteiger partial charge < -0.3 is 0 Å². The van der Waals surface area contributed by atoms with Crippen LogP contribution >= 0.6 is 0 Å². The van der Waals surface area contributed by atoms with Crippen molar-refractivity contribution in [2.75, 3.05) is 5.32 Å². The summed E-state index contributed by atoms with van der Waals surface area (Å²) in [6, 6.07) is 7.84. The monoisotopic (exact) mass is 229 g/mol. The number of amides is 1. The number of H-pyrrole nitrogens is 1. The average Bonchev–Trinajstić information content (AvgIpc) is 2.81. The highest BCUT2D eigenvalue weighted by Crippen LogP contribution is 2.05. The summed E-state index contributed by atoms with van der Waals surface area (Å²) >= 11 is 0. The molecule has 2 rings (SSSR count). The Morgan fingerprint density at radius 3 is 2.76 bits per heavy atom. The molecular formula is C11H11N5O. The molecule has 0 radical (unpaired) electrons. The number of tetrazole rings is 1. The maximum atomic E-state index is 11.4. The first-order valence-electron chi connectivity index (χ1n) is 5.03. The average molecular weight is 229 g/mol. The van der Waals surface area contributed by atoms with E-state index in [0.717, 1.165) is 5.56 Å². The Balaban J connectivity index is 1.96. The van der Waals surface area contributed by atoms with Gasteiger partial charge in [0, 0.05) is 6.08 Å². The summed E-state index contributed by atoms with van der Waals surface area (Å²) in [5, 5.41) is 15.3. The first-order valence-corrected chi connectivity index (χ1v) is 5.03. The number of aromatic nitrogens is 4. The van der Waals surface area contributed by atoms with E-state index in [-0.39, 0.29) is 11.9 Å². The zero-order chi connectivity index (χ0) is 12.1. The number of nitrogens with zero attached hydrogens (tertiary/aromatic N) is 3. The van der Waals surface area contributed by atoms with Gasteiger partial charge in [-0.15, -0.1) is 5.10 Å². The maximum absolute atomic E-state index is 11.4. The summed E-state index contributed by atoms with van der Waals surface area (Å²) in [5.41, 5.74) is 2.14. The minimum atomic E-state index is -0.299. The third kappa shape index (κ3) is 3.23. The fourth-order valence-corrected chi connectivity index (χ4v) is 1.22. The quantitative estimate of drug-likeness (QED) is 0.773. The van der Waals surface area contributed by atoms with Gasteiger partial charge in [0.05, 0.1) is 0 Å². The largest absolute Gasteiger partial charge is 0.288 e. The lowest BCUT2D eigenvalue weighted by molar-refractivity contribution is -0.111. The summed E-state index contributed by atoms with van der Waals surface area (Å²) < 4.78 is 0. The second-order valence-corrected chi connectivity index (χ2v) is 3.47. The van der Waals surface area contributed by atoms with Crippen molar-refractivity contribution in [3.8, 4) is 0 Å². The van der Waals surface area contributed by atoms with E-state index in [0.29, 0.717) is 0 Å². The molecule has 0 fully saturated rings. The number of anilines is 1. The molecule has 1 amide bonds. The van der Waals surface area contributed by atoms with E-state index < -0.39 is 0 Å². The highest BCUT2D eigenvalue weighted by atomic mass is 16.1. The molecule has 0 atom stereocenters. The maximum Gasteiger partial charge on any atom is 0.270 e. The number of nitrogens with one attached hydrogen (secondary N) is 2. The fraction of sp³-hybridized carbons (Fsp3) is 0.0909. The standard InChI is InChI=1S/C11H11N5O/c1-8-2-4-9(5-3-8)6-7-10(17)12-11-13-15-16-14-11/h2-7H,1H3,(H2,12,13,14,15,16,17). The zero-order valence-electron chi connectivity index (χ0n) is 9.21.